The van der Waals surface area contributed by atoms with Crippen molar-refractivity contribution in [1.82, 2.24) is 19.8 Å². The Morgan fingerprint density at radius 1 is 1.26 bits per heavy atom. The van der Waals surface area contributed by atoms with Crippen molar-refractivity contribution in [2.24, 2.45) is 0 Å². The van der Waals surface area contributed by atoms with Crippen molar-refractivity contribution in [3.63, 3.8) is 0 Å². The second kappa shape index (κ2) is 9.41. The van der Waals surface area contributed by atoms with Gasteiger partial charge in [0.25, 0.3) is 5.69 Å². The molecule has 0 aliphatic carbocycles. The molecule has 0 unspecified atom stereocenters. The summed E-state index contributed by atoms with van der Waals surface area (Å²) < 4.78 is 32.0. The minimum atomic E-state index is -3.88. The minimum absolute atomic E-state index is 0.0567. The summed E-state index contributed by atoms with van der Waals surface area (Å²) in [6.45, 7) is 3.26. The first-order chi connectivity index (χ1) is 14.7. The van der Waals surface area contributed by atoms with Crippen LogP contribution in [-0.2, 0) is 19.6 Å². The molecule has 31 heavy (non-hydrogen) atoms. The van der Waals surface area contributed by atoms with E-state index in [9.17, 15) is 28.1 Å². The van der Waals surface area contributed by atoms with Crippen LogP contribution in [0.3, 0.4) is 0 Å². The zero-order chi connectivity index (χ0) is 22.6. The Kier molecular flexibility index (Phi) is 6.87. The highest BCUT2D eigenvalue weighted by Crippen LogP contribution is 2.22. The Morgan fingerprint density at radius 2 is 1.97 bits per heavy atom. The predicted octanol–water partition coefficient (Wildman–Crippen LogP) is 0.0311. The summed E-state index contributed by atoms with van der Waals surface area (Å²) in [7, 11) is -3.88. The number of urea groups is 1. The predicted molar refractivity (Wildman–Crippen MR) is 108 cm³/mol. The molecule has 1 aromatic rings. The SMILES string of the molecule is CCOC(=O)C1=C(CN2CCN(S(=O)(=O)c3cccc([N+](=O)[O-])c3)CC2)NC(=O)NC1. The lowest BCUT2D eigenvalue weighted by molar-refractivity contribution is -0.385. The number of amides is 2. The molecular weight excluding hydrogens is 430 g/mol. The number of ether oxygens (including phenoxy) is 1. The fourth-order valence-electron chi connectivity index (χ4n) is 3.34. The van der Waals surface area contributed by atoms with Crippen molar-refractivity contribution in [3.05, 3.63) is 45.6 Å². The van der Waals surface area contributed by atoms with Gasteiger partial charge < -0.3 is 15.4 Å². The van der Waals surface area contributed by atoms with Crippen molar-refractivity contribution < 1.29 is 27.7 Å². The molecule has 2 heterocycles. The van der Waals surface area contributed by atoms with Gasteiger partial charge in [-0.15, -0.1) is 0 Å². The number of non-ortho nitro benzene ring substituents is 1. The Labute approximate surface area is 179 Å². The average molecular weight is 453 g/mol. The zero-order valence-electron chi connectivity index (χ0n) is 16.9. The second-order valence-electron chi connectivity index (χ2n) is 6.92. The fourth-order valence-corrected chi connectivity index (χ4v) is 4.80. The molecule has 1 saturated heterocycles. The molecule has 0 atom stereocenters. The monoisotopic (exact) mass is 453 g/mol. The summed E-state index contributed by atoms with van der Waals surface area (Å²) in [5.41, 5.74) is 0.463. The maximum Gasteiger partial charge on any atom is 0.337 e. The van der Waals surface area contributed by atoms with Crippen LogP contribution >= 0.6 is 0 Å². The van der Waals surface area contributed by atoms with E-state index in [0.29, 0.717) is 24.4 Å². The van der Waals surface area contributed by atoms with Gasteiger partial charge in [-0.05, 0) is 13.0 Å². The first-order valence-electron chi connectivity index (χ1n) is 9.63. The van der Waals surface area contributed by atoms with E-state index < -0.39 is 26.9 Å². The number of esters is 1. The maximum atomic E-state index is 12.9. The molecule has 12 nitrogen and oxygen atoms in total. The molecule has 168 valence electrons. The van der Waals surface area contributed by atoms with Crippen LogP contribution in [0.25, 0.3) is 0 Å². The summed E-state index contributed by atoms with van der Waals surface area (Å²) in [4.78, 5) is 35.9. The Morgan fingerprint density at radius 3 is 2.61 bits per heavy atom. The third kappa shape index (κ3) is 5.18. The number of nitrogens with one attached hydrogen (secondary N) is 2. The standard InChI is InChI=1S/C18H23N5O7S/c1-2-30-17(24)15-11-19-18(25)20-16(15)12-21-6-8-22(9-7-21)31(28,29)14-5-3-4-13(10-14)23(26)27/h3-5,10H,2,6-9,11-12H2,1H3,(H2,19,20,25). The molecule has 3 rings (SSSR count). The van der Waals surface area contributed by atoms with Crippen molar-refractivity contribution >= 4 is 27.7 Å². The number of nitro benzene ring substituents is 1. The molecule has 1 fully saturated rings. The number of sulfonamides is 1. The van der Waals surface area contributed by atoms with Gasteiger partial charge in [0.2, 0.25) is 10.0 Å². The van der Waals surface area contributed by atoms with Crippen LogP contribution in [0.2, 0.25) is 0 Å². The molecular formula is C18H23N5O7S. The quantitative estimate of drug-likeness (QED) is 0.333. The molecule has 0 saturated carbocycles. The number of hydrogen-bond acceptors (Lipinski definition) is 8. The second-order valence-corrected chi connectivity index (χ2v) is 8.86. The number of nitrogens with zero attached hydrogens (tertiary/aromatic N) is 3. The molecule has 0 radical (unpaired) electrons. The van der Waals surface area contributed by atoms with Crippen LogP contribution in [0.4, 0.5) is 10.5 Å². The summed E-state index contributed by atoms with van der Waals surface area (Å²) in [5, 5.41) is 16.1. The van der Waals surface area contributed by atoms with Gasteiger partial charge in [0.05, 0.1) is 28.5 Å². The number of hydrogen-bond donors (Lipinski definition) is 2. The average Bonchev–Trinajstić information content (AvgIpc) is 2.74. The van der Waals surface area contributed by atoms with Crippen molar-refractivity contribution in [2.45, 2.75) is 11.8 Å². The molecule has 0 aromatic heterocycles. The minimum Gasteiger partial charge on any atom is -0.463 e. The molecule has 0 spiro atoms. The highest BCUT2D eigenvalue weighted by atomic mass is 32.2. The van der Waals surface area contributed by atoms with E-state index in [0.717, 1.165) is 6.07 Å². The molecule has 2 aliphatic rings. The summed E-state index contributed by atoms with van der Waals surface area (Å²) in [5.74, 6) is -0.517. The number of piperazine rings is 1. The van der Waals surface area contributed by atoms with E-state index in [1.807, 2.05) is 4.90 Å². The first kappa shape index (κ1) is 22.7. The molecule has 0 bridgehead atoms. The van der Waals surface area contributed by atoms with E-state index in [1.165, 1.54) is 22.5 Å². The smallest absolute Gasteiger partial charge is 0.337 e. The van der Waals surface area contributed by atoms with E-state index >= 15 is 0 Å². The summed E-state index contributed by atoms with van der Waals surface area (Å²) in [6.07, 6.45) is 0. The molecule has 2 amide bonds. The molecule has 2 N–H and O–H groups in total. The molecule has 1 aromatic carbocycles. The van der Waals surface area contributed by atoms with Crippen molar-refractivity contribution in [2.75, 3.05) is 45.9 Å². The lowest BCUT2D eigenvalue weighted by Gasteiger charge is -2.35. The van der Waals surface area contributed by atoms with E-state index in [-0.39, 0.29) is 43.4 Å². The van der Waals surface area contributed by atoms with E-state index in [2.05, 4.69) is 10.6 Å². The van der Waals surface area contributed by atoms with Gasteiger partial charge in [-0.1, -0.05) is 6.07 Å². The van der Waals surface area contributed by atoms with Gasteiger partial charge in [0, 0.05) is 50.6 Å². The van der Waals surface area contributed by atoms with Gasteiger partial charge in [0.1, 0.15) is 0 Å². The maximum absolute atomic E-state index is 12.9. The van der Waals surface area contributed by atoms with Crippen LogP contribution < -0.4 is 10.6 Å². The number of nitro groups is 1. The van der Waals surface area contributed by atoms with Crippen molar-refractivity contribution in [1.29, 1.82) is 0 Å². The van der Waals surface area contributed by atoms with Gasteiger partial charge in [-0.25, -0.2) is 18.0 Å². The third-order valence-electron chi connectivity index (χ3n) is 4.96. The number of carbonyl (C=O) groups is 2. The highest BCUT2D eigenvalue weighted by Gasteiger charge is 2.31. The Balaban J connectivity index is 1.68. The lowest BCUT2D eigenvalue weighted by atomic mass is 10.1. The third-order valence-corrected chi connectivity index (χ3v) is 6.85. The van der Waals surface area contributed by atoms with Crippen molar-refractivity contribution in [3.8, 4) is 0 Å². The zero-order valence-corrected chi connectivity index (χ0v) is 17.7. The van der Waals surface area contributed by atoms with Gasteiger partial charge >= 0.3 is 12.0 Å². The van der Waals surface area contributed by atoms with Gasteiger partial charge in [-0.3, -0.25) is 15.0 Å². The van der Waals surface area contributed by atoms with Crippen LogP contribution in [-0.4, -0.2) is 80.4 Å². The fraction of sp³-hybridized carbons (Fsp3) is 0.444. The Hall–Kier alpha value is -3.03. The van der Waals surface area contributed by atoms with E-state index in [1.54, 1.807) is 6.92 Å². The topological polar surface area (TPSA) is 151 Å². The van der Waals surface area contributed by atoms with Crippen LogP contribution in [0.15, 0.2) is 40.4 Å². The molecule has 2 aliphatic heterocycles. The van der Waals surface area contributed by atoms with Crippen LogP contribution in [0, 0.1) is 10.1 Å². The summed E-state index contributed by atoms with van der Waals surface area (Å²) >= 11 is 0. The number of carbonyl (C=O) groups excluding carboxylic acids is 2. The Bertz CT molecular complexity index is 1020. The van der Waals surface area contributed by atoms with Crippen LogP contribution in [0.1, 0.15) is 6.92 Å². The van der Waals surface area contributed by atoms with E-state index in [4.69, 9.17) is 4.74 Å². The van der Waals surface area contributed by atoms with Gasteiger partial charge in [-0.2, -0.15) is 4.31 Å². The molecule has 13 heteroatoms. The summed E-state index contributed by atoms with van der Waals surface area (Å²) in [6, 6.07) is 4.53. The lowest BCUT2D eigenvalue weighted by Crippen LogP contribution is -2.52. The largest absolute Gasteiger partial charge is 0.463 e. The highest BCUT2D eigenvalue weighted by molar-refractivity contribution is 7.89. The van der Waals surface area contributed by atoms with Gasteiger partial charge in [0.15, 0.2) is 0 Å². The first-order valence-corrected chi connectivity index (χ1v) is 11.1. The number of rotatable bonds is 7. The van der Waals surface area contributed by atoms with Crippen LogP contribution in [0.5, 0.6) is 0 Å². The number of benzene rings is 1. The normalized spacial score (nSPS) is 18.3.